The van der Waals surface area contributed by atoms with Crippen LogP contribution >= 0.6 is 0 Å². The number of fused-ring (bicyclic) bond motifs is 1. The molecule has 0 bridgehead atoms. The topological polar surface area (TPSA) is 88.1 Å². The molecule has 0 saturated carbocycles. The van der Waals surface area contributed by atoms with Crippen LogP contribution in [0.3, 0.4) is 0 Å². The molecular weight excluding hydrogens is 358 g/mol. The fourth-order valence-corrected chi connectivity index (χ4v) is 2.60. The fourth-order valence-electron chi connectivity index (χ4n) is 2.60. The van der Waals surface area contributed by atoms with Crippen LogP contribution < -0.4 is 5.32 Å². The largest absolute Gasteiger partial charge is 0.444 e. The summed E-state index contributed by atoms with van der Waals surface area (Å²) in [6.45, 7) is 7.06. The second-order valence-electron chi connectivity index (χ2n) is 7.15. The summed E-state index contributed by atoms with van der Waals surface area (Å²) in [5, 5.41) is 2.69. The van der Waals surface area contributed by atoms with Gasteiger partial charge in [-0.1, -0.05) is 24.3 Å². The average Bonchev–Trinajstić information content (AvgIpc) is 2.85. The van der Waals surface area contributed by atoms with Crippen LogP contribution in [0.2, 0.25) is 0 Å². The molecule has 1 aliphatic rings. The number of alkyl carbamates (subject to hydrolysis) is 1. The Hall–Kier alpha value is -3.22. The molecule has 0 spiro atoms. The van der Waals surface area contributed by atoms with Gasteiger partial charge in [0.1, 0.15) is 5.60 Å². The lowest BCUT2D eigenvalue weighted by atomic mass is 10.1. The number of aliphatic imine (C=N–C) groups is 1. The van der Waals surface area contributed by atoms with Crippen LogP contribution in [-0.4, -0.2) is 47.2 Å². The number of nitrogens with one attached hydrogen (secondary N) is 1. The molecule has 1 aromatic rings. The van der Waals surface area contributed by atoms with Gasteiger partial charge in [0, 0.05) is 12.4 Å². The minimum Gasteiger partial charge on any atom is -0.444 e. The van der Waals surface area contributed by atoms with Gasteiger partial charge in [-0.05, 0) is 45.9 Å². The Bertz CT molecular complexity index is 799. The third-order valence-electron chi connectivity index (χ3n) is 3.74. The quantitative estimate of drug-likeness (QED) is 0.464. The second-order valence-corrected chi connectivity index (χ2v) is 7.15. The Morgan fingerprint density at radius 1 is 1.18 bits per heavy atom. The lowest BCUT2D eigenvalue weighted by Crippen LogP contribution is -2.46. The Balaban J connectivity index is 2.16. The van der Waals surface area contributed by atoms with Gasteiger partial charge in [-0.25, -0.2) is 4.79 Å². The number of benzene rings is 1. The van der Waals surface area contributed by atoms with Crippen molar-refractivity contribution in [2.75, 3.05) is 6.54 Å². The summed E-state index contributed by atoms with van der Waals surface area (Å²) in [6, 6.07) is 6.04. The van der Waals surface area contributed by atoms with E-state index in [9.17, 15) is 14.4 Å². The van der Waals surface area contributed by atoms with E-state index in [2.05, 4.69) is 10.3 Å². The third kappa shape index (κ3) is 5.64. The number of carbonyl (C=O) groups excluding carboxylic acids is 3. The zero-order valence-corrected chi connectivity index (χ0v) is 16.5. The van der Waals surface area contributed by atoms with E-state index in [0.717, 1.165) is 4.90 Å². The molecule has 7 heteroatoms. The van der Waals surface area contributed by atoms with Crippen LogP contribution in [0, 0.1) is 0 Å². The minimum atomic E-state index is -0.663. The maximum absolute atomic E-state index is 12.6. The Labute approximate surface area is 164 Å². The Morgan fingerprint density at radius 2 is 1.79 bits per heavy atom. The van der Waals surface area contributed by atoms with Gasteiger partial charge in [0.05, 0.1) is 23.7 Å². The fraction of sp³-hybridized carbons (Fsp3) is 0.333. The van der Waals surface area contributed by atoms with Gasteiger partial charge in [0.2, 0.25) is 0 Å². The van der Waals surface area contributed by atoms with Crippen molar-refractivity contribution in [2.45, 2.75) is 39.3 Å². The first-order valence-corrected chi connectivity index (χ1v) is 8.99. The molecule has 1 N–H and O–H groups in total. The molecule has 0 radical (unpaired) electrons. The number of ether oxygens (including phenoxy) is 1. The van der Waals surface area contributed by atoms with E-state index in [-0.39, 0.29) is 18.4 Å². The molecule has 0 aliphatic carbocycles. The molecule has 3 amide bonds. The van der Waals surface area contributed by atoms with E-state index in [1.54, 1.807) is 82.6 Å². The number of imide groups is 1. The SMILES string of the molecule is CC=N/C=C\C=C\[C@@H](CN1C(=O)c2ccccc2C1=O)NC(=O)OC(C)(C)C. The van der Waals surface area contributed by atoms with Crippen LogP contribution in [0.5, 0.6) is 0 Å². The van der Waals surface area contributed by atoms with E-state index < -0.39 is 17.7 Å². The van der Waals surface area contributed by atoms with Gasteiger partial charge in [0.15, 0.2) is 0 Å². The highest BCUT2D eigenvalue weighted by molar-refractivity contribution is 6.21. The molecule has 1 aliphatic heterocycles. The molecule has 0 unspecified atom stereocenters. The first kappa shape index (κ1) is 21.1. The van der Waals surface area contributed by atoms with Crippen LogP contribution in [0.4, 0.5) is 4.79 Å². The van der Waals surface area contributed by atoms with Crippen molar-refractivity contribution in [2.24, 2.45) is 4.99 Å². The molecule has 1 aromatic carbocycles. The summed E-state index contributed by atoms with van der Waals surface area (Å²) >= 11 is 0. The van der Waals surface area contributed by atoms with E-state index in [4.69, 9.17) is 4.74 Å². The van der Waals surface area contributed by atoms with Gasteiger partial charge in [-0.2, -0.15) is 0 Å². The molecule has 1 atom stereocenters. The number of hydrogen-bond donors (Lipinski definition) is 1. The van der Waals surface area contributed by atoms with Crippen molar-refractivity contribution in [1.82, 2.24) is 10.2 Å². The van der Waals surface area contributed by atoms with Crippen molar-refractivity contribution in [3.63, 3.8) is 0 Å². The van der Waals surface area contributed by atoms with E-state index in [1.165, 1.54) is 0 Å². The van der Waals surface area contributed by atoms with Crippen LogP contribution in [0.15, 0.2) is 53.7 Å². The summed E-state index contributed by atoms with van der Waals surface area (Å²) in [7, 11) is 0. The summed E-state index contributed by atoms with van der Waals surface area (Å²) in [6.07, 6.45) is 7.64. The summed E-state index contributed by atoms with van der Waals surface area (Å²) < 4.78 is 5.28. The minimum absolute atomic E-state index is 0.00697. The smallest absolute Gasteiger partial charge is 0.408 e. The molecule has 7 nitrogen and oxygen atoms in total. The maximum Gasteiger partial charge on any atom is 0.408 e. The summed E-state index contributed by atoms with van der Waals surface area (Å²) in [5.41, 5.74) is 0.0678. The van der Waals surface area contributed by atoms with Crippen LogP contribution in [0.1, 0.15) is 48.4 Å². The monoisotopic (exact) mass is 383 g/mol. The maximum atomic E-state index is 12.6. The van der Waals surface area contributed by atoms with Gasteiger partial charge in [-0.15, -0.1) is 0 Å². The average molecular weight is 383 g/mol. The highest BCUT2D eigenvalue weighted by Gasteiger charge is 2.36. The molecule has 148 valence electrons. The van der Waals surface area contributed by atoms with E-state index in [0.29, 0.717) is 11.1 Å². The van der Waals surface area contributed by atoms with Gasteiger partial charge < -0.3 is 10.1 Å². The van der Waals surface area contributed by atoms with Crippen molar-refractivity contribution in [3.05, 3.63) is 59.8 Å². The van der Waals surface area contributed by atoms with Crippen molar-refractivity contribution >= 4 is 24.1 Å². The Kier molecular flexibility index (Phi) is 6.87. The molecular formula is C21H25N3O4. The van der Waals surface area contributed by atoms with Crippen molar-refractivity contribution in [3.8, 4) is 0 Å². The predicted octanol–water partition coefficient (Wildman–Crippen LogP) is 3.34. The lowest BCUT2D eigenvalue weighted by Gasteiger charge is -2.24. The highest BCUT2D eigenvalue weighted by atomic mass is 16.6. The molecule has 2 rings (SSSR count). The summed E-state index contributed by atoms with van der Waals surface area (Å²) in [4.78, 5) is 42.4. The first-order valence-electron chi connectivity index (χ1n) is 8.99. The number of allylic oxidation sites excluding steroid dienone is 2. The normalized spacial score (nSPS) is 15.6. The molecule has 0 fully saturated rings. The number of nitrogens with zero attached hydrogens (tertiary/aromatic N) is 2. The standard InChI is InChI=1S/C21H25N3O4/c1-5-22-13-9-8-10-15(23-20(27)28-21(2,3)4)14-24-18(25)16-11-6-7-12-17(16)19(24)26/h5-13,15H,14H2,1-4H3,(H,23,27)/b10-8+,13-9-,22-5?/t15-/m0/s1. The van der Waals surface area contributed by atoms with Crippen molar-refractivity contribution in [1.29, 1.82) is 0 Å². The molecule has 0 aromatic heterocycles. The zero-order valence-electron chi connectivity index (χ0n) is 16.5. The van der Waals surface area contributed by atoms with E-state index >= 15 is 0 Å². The predicted molar refractivity (Wildman–Crippen MR) is 107 cm³/mol. The second kappa shape index (κ2) is 9.12. The molecule has 0 saturated heterocycles. The van der Waals surface area contributed by atoms with Gasteiger partial charge >= 0.3 is 6.09 Å². The number of carbonyl (C=O) groups is 3. The third-order valence-corrected chi connectivity index (χ3v) is 3.74. The van der Waals surface area contributed by atoms with Gasteiger partial charge in [0.25, 0.3) is 11.8 Å². The Morgan fingerprint density at radius 3 is 2.32 bits per heavy atom. The van der Waals surface area contributed by atoms with E-state index in [1.807, 2.05) is 0 Å². The van der Waals surface area contributed by atoms with Crippen LogP contribution in [-0.2, 0) is 4.74 Å². The first-order chi connectivity index (χ1) is 13.2. The van der Waals surface area contributed by atoms with Crippen LogP contribution in [0.25, 0.3) is 0 Å². The highest BCUT2D eigenvalue weighted by Crippen LogP contribution is 2.22. The molecule has 28 heavy (non-hydrogen) atoms. The van der Waals surface area contributed by atoms with Gasteiger partial charge in [-0.3, -0.25) is 19.5 Å². The summed E-state index contributed by atoms with van der Waals surface area (Å²) in [5.74, 6) is -0.757. The van der Waals surface area contributed by atoms with Crippen molar-refractivity contribution < 1.29 is 19.1 Å². The number of rotatable bonds is 6. The zero-order chi connectivity index (χ0) is 20.7. The number of hydrogen-bond acceptors (Lipinski definition) is 5. The molecule has 1 heterocycles. The number of amides is 3. The lowest BCUT2D eigenvalue weighted by molar-refractivity contribution is 0.0483.